The molecule has 3 unspecified atom stereocenters. The topological polar surface area (TPSA) is 26.7 Å². The van der Waals surface area contributed by atoms with Crippen molar-refractivity contribution in [1.29, 1.82) is 0 Å². The zero-order valence-corrected chi connectivity index (χ0v) is 11.8. The quantitative estimate of drug-likeness (QED) is 0.822. The molecule has 104 valence electrons. The summed E-state index contributed by atoms with van der Waals surface area (Å²) in [6.45, 7) is 8.60. The molecule has 0 aromatic heterocycles. The lowest BCUT2D eigenvalue weighted by atomic mass is 9.91. The van der Waals surface area contributed by atoms with Gasteiger partial charge in [0.05, 0.1) is 6.61 Å². The highest BCUT2D eigenvalue weighted by atomic mass is 16.3. The fourth-order valence-electron chi connectivity index (χ4n) is 4.35. The van der Waals surface area contributed by atoms with Gasteiger partial charge in [-0.3, -0.25) is 9.80 Å². The Morgan fingerprint density at radius 1 is 1.28 bits per heavy atom. The molecule has 2 aliphatic heterocycles. The highest BCUT2D eigenvalue weighted by molar-refractivity contribution is 5.06. The second-order valence-corrected chi connectivity index (χ2v) is 6.68. The number of hydrogen-bond donors (Lipinski definition) is 1. The SMILES string of the molecule is CCC12CCN(C3CCCN(CCO)C3)CC1C2. The number of β-amino-alcohol motifs (C(OH)–C–C–N with tert-alkyl or cyclic N) is 1. The predicted molar refractivity (Wildman–Crippen MR) is 73.6 cm³/mol. The molecule has 3 nitrogen and oxygen atoms in total. The van der Waals surface area contributed by atoms with E-state index in [9.17, 15) is 0 Å². The van der Waals surface area contributed by atoms with Gasteiger partial charge in [0.15, 0.2) is 0 Å². The molecule has 1 aliphatic carbocycles. The van der Waals surface area contributed by atoms with Gasteiger partial charge in [0.25, 0.3) is 0 Å². The standard InChI is InChI=1S/C15H28N2O/c1-2-15-5-7-17(11-13(15)10-15)14-4-3-6-16(12-14)8-9-18/h13-14,18H,2-12H2,1H3. The van der Waals surface area contributed by atoms with Crippen LogP contribution in [0.5, 0.6) is 0 Å². The van der Waals surface area contributed by atoms with Gasteiger partial charge in [-0.15, -0.1) is 0 Å². The summed E-state index contributed by atoms with van der Waals surface area (Å²) in [6.07, 6.45) is 7.00. The van der Waals surface area contributed by atoms with Crippen molar-refractivity contribution in [2.45, 2.75) is 45.1 Å². The summed E-state index contributed by atoms with van der Waals surface area (Å²) < 4.78 is 0. The largest absolute Gasteiger partial charge is 0.395 e. The Labute approximate surface area is 111 Å². The van der Waals surface area contributed by atoms with Crippen molar-refractivity contribution in [1.82, 2.24) is 9.80 Å². The monoisotopic (exact) mass is 252 g/mol. The van der Waals surface area contributed by atoms with Gasteiger partial charge in [-0.2, -0.15) is 0 Å². The maximum Gasteiger partial charge on any atom is 0.0558 e. The maximum absolute atomic E-state index is 9.07. The van der Waals surface area contributed by atoms with E-state index in [1.807, 2.05) is 0 Å². The first-order valence-corrected chi connectivity index (χ1v) is 7.85. The van der Waals surface area contributed by atoms with E-state index in [0.717, 1.165) is 23.9 Å². The minimum atomic E-state index is 0.314. The molecule has 0 radical (unpaired) electrons. The molecule has 3 rings (SSSR count). The second kappa shape index (κ2) is 5.10. The van der Waals surface area contributed by atoms with Crippen LogP contribution in [0.4, 0.5) is 0 Å². The van der Waals surface area contributed by atoms with Crippen molar-refractivity contribution < 1.29 is 5.11 Å². The average molecular weight is 252 g/mol. The van der Waals surface area contributed by atoms with Gasteiger partial charge in [-0.1, -0.05) is 13.3 Å². The van der Waals surface area contributed by atoms with Crippen molar-refractivity contribution in [2.75, 3.05) is 39.3 Å². The molecule has 3 heteroatoms. The number of fused-ring (bicyclic) bond motifs is 1. The molecular formula is C15H28N2O. The Morgan fingerprint density at radius 2 is 2.17 bits per heavy atom. The minimum absolute atomic E-state index is 0.314. The summed E-state index contributed by atoms with van der Waals surface area (Å²) in [5.74, 6) is 1.00. The third-order valence-electron chi connectivity index (χ3n) is 5.83. The van der Waals surface area contributed by atoms with Crippen LogP contribution < -0.4 is 0 Å². The first-order valence-electron chi connectivity index (χ1n) is 7.85. The van der Waals surface area contributed by atoms with E-state index < -0.39 is 0 Å². The van der Waals surface area contributed by atoms with Gasteiger partial charge in [0.1, 0.15) is 0 Å². The van der Waals surface area contributed by atoms with Crippen LogP contribution in [0.1, 0.15) is 39.0 Å². The Hall–Kier alpha value is -0.120. The van der Waals surface area contributed by atoms with Crippen LogP contribution in [0.3, 0.4) is 0 Å². The van der Waals surface area contributed by atoms with Crippen LogP contribution in [0.15, 0.2) is 0 Å². The lowest BCUT2D eigenvalue weighted by Crippen LogP contribution is -2.51. The Kier molecular flexibility index (Phi) is 3.65. The molecule has 18 heavy (non-hydrogen) atoms. The molecule has 0 amide bonds. The Bertz CT molecular complexity index is 290. The molecule has 0 spiro atoms. The molecule has 0 bridgehead atoms. The van der Waals surface area contributed by atoms with Gasteiger partial charge in [0, 0.05) is 25.7 Å². The maximum atomic E-state index is 9.07. The van der Waals surface area contributed by atoms with Crippen molar-refractivity contribution in [3.8, 4) is 0 Å². The number of likely N-dealkylation sites (tertiary alicyclic amines) is 2. The van der Waals surface area contributed by atoms with Crippen LogP contribution in [0.2, 0.25) is 0 Å². The molecule has 0 aromatic carbocycles. The summed E-state index contributed by atoms with van der Waals surface area (Å²) in [5.41, 5.74) is 0.760. The molecule has 0 aromatic rings. The van der Waals surface area contributed by atoms with Crippen molar-refractivity contribution in [3.05, 3.63) is 0 Å². The van der Waals surface area contributed by atoms with Crippen molar-refractivity contribution >= 4 is 0 Å². The summed E-state index contributed by atoms with van der Waals surface area (Å²) in [4.78, 5) is 5.21. The fourth-order valence-corrected chi connectivity index (χ4v) is 4.35. The number of hydrogen-bond acceptors (Lipinski definition) is 3. The number of aliphatic hydroxyl groups excluding tert-OH is 1. The van der Waals surface area contributed by atoms with Crippen molar-refractivity contribution in [3.63, 3.8) is 0 Å². The van der Waals surface area contributed by atoms with E-state index in [2.05, 4.69) is 16.7 Å². The zero-order chi connectivity index (χ0) is 12.6. The summed E-state index contributed by atoms with van der Waals surface area (Å²) >= 11 is 0. The lowest BCUT2D eigenvalue weighted by molar-refractivity contribution is 0.0588. The highest BCUT2D eigenvalue weighted by Gasteiger charge is 2.55. The Balaban J connectivity index is 1.53. The second-order valence-electron chi connectivity index (χ2n) is 6.68. The summed E-state index contributed by atoms with van der Waals surface area (Å²) in [6, 6.07) is 0.765. The summed E-state index contributed by atoms with van der Waals surface area (Å²) in [7, 11) is 0. The van der Waals surface area contributed by atoms with Gasteiger partial charge in [0.2, 0.25) is 0 Å². The van der Waals surface area contributed by atoms with Gasteiger partial charge in [-0.25, -0.2) is 0 Å². The van der Waals surface area contributed by atoms with Crippen LogP contribution in [0, 0.1) is 11.3 Å². The smallest absolute Gasteiger partial charge is 0.0558 e. The molecule has 2 heterocycles. The highest BCUT2D eigenvalue weighted by Crippen LogP contribution is 2.60. The molecule has 3 aliphatic rings. The van der Waals surface area contributed by atoms with Crippen molar-refractivity contribution in [2.24, 2.45) is 11.3 Å². The van der Waals surface area contributed by atoms with E-state index in [1.165, 1.54) is 58.3 Å². The van der Waals surface area contributed by atoms with E-state index in [-0.39, 0.29) is 0 Å². The van der Waals surface area contributed by atoms with E-state index >= 15 is 0 Å². The number of aliphatic hydroxyl groups is 1. The van der Waals surface area contributed by atoms with E-state index in [1.54, 1.807) is 0 Å². The van der Waals surface area contributed by atoms with Gasteiger partial charge < -0.3 is 5.11 Å². The van der Waals surface area contributed by atoms with E-state index in [4.69, 9.17) is 5.11 Å². The molecule has 1 N–H and O–H groups in total. The lowest BCUT2D eigenvalue weighted by Gasteiger charge is -2.42. The number of rotatable bonds is 4. The Morgan fingerprint density at radius 3 is 2.89 bits per heavy atom. The average Bonchev–Trinajstić information content (AvgIpc) is 3.13. The van der Waals surface area contributed by atoms with Crippen LogP contribution in [-0.4, -0.2) is 60.3 Å². The predicted octanol–water partition coefficient (Wildman–Crippen LogP) is 1.57. The molecule has 3 atom stereocenters. The molecule has 1 saturated carbocycles. The third kappa shape index (κ3) is 2.33. The zero-order valence-electron chi connectivity index (χ0n) is 11.8. The summed E-state index contributed by atoms with van der Waals surface area (Å²) in [5, 5.41) is 9.07. The number of nitrogens with zero attached hydrogens (tertiary/aromatic N) is 2. The fraction of sp³-hybridized carbons (Fsp3) is 1.00. The van der Waals surface area contributed by atoms with Gasteiger partial charge >= 0.3 is 0 Å². The molecule has 3 fully saturated rings. The molecule has 2 saturated heterocycles. The van der Waals surface area contributed by atoms with Crippen LogP contribution in [0.25, 0.3) is 0 Å². The first kappa shape index (κ1) is 12.9. The minimum Gasteiger partial charge on any atom is -0.395 e. The van der Waals surface area contributed by atoms with Gasteiger partial charge in [-0.05, 0) is 50.1 Å². The first-order chi connectivity index (χ1) is 8.77. The normalized spacial score (nSPS) is 41.7. The van der Waals surface area contributed by atoms with E-state index in [0.29, 0.717) is 6.61 Å². The third-order valence-corrected chi connectivity index (χ3v) is 5.83. The number of piperidine rings is 2. The van der Waals surface area contributed by atoms with Crippen LogP contribution in [-0.2, 0) is 0 Å². The van der Waals surface area contributed by atoms with Crippen LogP contribution >= 0.6 is 0 Å². The molecular weight excluding hydrogens is 224 g/mol.